The van der Waals surface area contributed by atoms with Crippen molar-refractivity contribution >= 4 is 28.3 Å². The fraction of sp³-hybridized carbons (Fsp3) is 0.293. The largest absolute Gasteiger partial charge is 0.481 e. The number of hydrogen-bond acceptors (Lipinski definition) is 4. The number of aliphatic carboxylic acids is 1. The molecule has 6 nitrogen and oxygen atoms in total. The van der Waals surface area contributed by atoms with E-state index in [1.807, 2.05) is 28.8 Å². The molecule has 5 aromatic rings. The van der Waals surface area contributed by atoms with E-state index < -0.39 is 5.97 Å². The van der Waals surface area contributed by atoms with Crippen LogP contribution in [0, 0.1) is 11.8 Å². The van der Waals surface area contributed by atoms with Gasteiger partial charge in [-0.3, -0.25) is 14.4 Å². The second kappa shape index (κ2) is 15.1. The molecule has 0 amide bonds. The van der Waals surface area contributed by atoms with Crippen molar-refractivity contribution in [3.8, 4) is 0 Å². The van der Waals surface area contributed by atoms with Gasteiger partial charge in [0.2, 0.25) is 5.43 Å². The molecule has 47 heavy (non-hydrogen) atoms. The van der Waals surface area contributed by atoms with Crippen molar-refractivity contribution in [2.24, 2.45) is 11.8 Å². The lowest BCUT2D eigenvalue weighted by atomic mass is 9.93. The smallest absolute Gasteiger partial charge is 0.303 e. The summed E-state index contributed by atoms with van der Waals surface area (Å²) >= 11 is 0. The summed E-state index contributed by atoms with van der Waals surface area (Å²) in [6.45, 7) is 9.26. The zero-order chi connectivity index (χ0) is 33.5. The molecule has 0 aliphatic heterocycles. The first kappa shape index (κ1) is 33.4. The molecule has 1 aromatic heterocycles. The molecule has 0 bridgehead atoms. The van der Waals surface area contributed by atoms with Gasteiger partial charge in [0.25, 0.3) is 0 Å². The van der Waals surface area contributed by atoms with Crippen LogP contribution in [0.2, 0.25) is 0 Å². The minimum atomic E-state index is -0.882. The van der Waals surface area contributed by atoms with Crippen molar-refractivity contribution in [3.63, 3.8) is 0 Å². The van der Waals surface area contributed by atoms with Crippen LogP contribution in [0.25, 0.3) is 10.9 Å². The van der Waals surface area contributed by atoms with E-state index in [-0.39, 0.29) is 29.2 Å². The first-order chi connectivity index (χ1) is 22.6. The Morgan fingerprint density at radius 3 is 1.94 bits per heavy atom. The highest BCUT2D eigenvalue weighted by molar-refractivity contribution is 6.10. The third-order valence-electron chi connectivity index (χ3n) is 8.37. The molecule has 0 fully saturated rings. The number of carboxylic acids is 1. The molecule has 0 saturated carbocycles. The Bertz CT molecular complexity index is 1850. The fourth-order valence-electron chi connectivity index (χ4n) is 6.16. The number of hydrogen-bond donors (Lipinski definition) is 2. The van der Waals surface area contributed by atoms with Crippen LogP contribution in [0.1, 0.15) is 84.8 Å². The summed E-state index contributed by atoms with van der Waals surface area (Å²) in [5, 5.41) is 13.3. The van der Waals surface area contributed by atoms with E-state index in [1.54, 1.807) is 30.5 Å². The number of anilines is 1. The minimum Gasteiger partial charge on any atom is -0.481 e. The van der Waals surface area contributed by atoms with Gasteiger partial charge in [-0.15, -0.1) is 0 Å². The van der Waals surface area contributed by atoms with Gasteiger partial charge in [-0.2, -0.15) is 0 Å². The first-order valence-electron chi connectivity index (χ1n) is 16.5. The Balaban J connectivity index is 1.48. The molecule has 1 heterocycles. The van der Waals surface area contributed by atoms with Gasteiger partial charge >= 0.3 is 5.97 Å². The highest BCUT2D eigenvalue weighted by atomic mass is 16.4. The predicted octanol–water partition coefficient (Wildman–Crippen LogP) is 8.70. The normalized spacial score (nSPS) is 11.5. The average molecular weight is 629 g/mol. The predicted molar refractivity (Wildman–Crippen MR) is 190 cm³/mol. The number of pyridine rings is 1. The van der Waals surface area contributed by atoms with Gasteiger partial charge < -0.3 is 15.0 Å². The number of para-hydroxylation sites is 1. The molecule has 0 aliphatic carbocycles. The molecule has 5 rings (SSSR count). The van der Waals surface area contributed by atoms with Crippen molar-refractivity contribution < 1.29 is 14.7 Å². The Kier molecular flexibility index (Phi) is 10.7. The Morgan fingerprint density at radius 1 is 0.766 bits per heavy atom. The third-order valence-corrected chi connectivity index (χ3v) is 8.37. The van der Waals surface area contributed by atoms with E-state index in [9.17, 15) is 14.4 Å². The van der Waals surface area contributed by atoms with Crippen molar-refractivity contribution in [2.75, 3.05) is 5.32 Å². The van der Waals surface area contributed by atoms with Crippen LogP contribution >= 0.6 is 0 Å². The van der Waals surface area contributed by atoms with Crippen LogP contribution in [0.3, 0.4) is 0 Å². The van der Waals surface area contributed by atoms with Crippen molar-refractivity contribution in [1.29, 1.82) is 0 Å². The quantitative estimate of drug-likeness (QED) is 0.120. The maximum atomic E-state index is 13.9. The Labute approximate surface area is 277 Å². The summed E-state index contributed by atoms with van der Waals surface area (Å²) in [7, 11) is 0. The number of aryl methyl sites for hydroxylation is 1. The van der Waals surface area contributed by atoms with E-state index in [1.165, 1.54) is 11.1 Å². The highest BCUT2D eigenvalue weighted by Crippen LogP contribution is 2.29. The summed E-state index contributed by atoms with van der Waals surface area (Å²) in [5.41, 5.74) is 6.40. The molecule has 0 spiro atoms. The zero-order valence-corrected chi connectivity index (χ0v) is 27.7. The first-order valence-corrected chi connectivity index (χ1v) is 16.5. The lowest BCUT2D eigenvalue weighted by Gasteiger charge is -2.22. The highest BCUT2D eigenvalue weighted by Gasteiger charge is 2.20. The number of ketones is 1. The number of rotatable bonds is 14. The number of nitrogens with one attached hydrogen (secondary N) is 1. The molecule has 242 valence electrons. The molecule has 0 saturated heterocycles. The minimum absolute atomic E-state index is 0.000476. The average Bonchev–Trinajstić information content (AvgIpc) is 3.05. The van der Waals surface area contributed by atoms with Gasteiger partial charge in [-0.05, 0) is 77.6 Å². The van der Waals surface area contributed by atoms with Gasteiger partial charge in [0.05, 0.1) is 17.1 Å². The van der Waals surface area contributed by atoms with E-state index in [2.05, 4.69) is 81.5 Å². The fourth-order valence-corrected chi connectivity index (χ4v) is 6.16. The maximum absolute atomic E-state index is 13.9. The SMILES string of the molecule is CC(C)Cc1ccc(C(Nc2cccc(C(=O)c3cn(CCCC(=O)O)c4ccccc4c3=O)c2)c2ccc(CC(C)C)cc2)cc1. The number of carbonyl (C=O) groups is 2. The standard InChI is InChI=1S/C41H44N2O4/c1-27(2)23-29-14-18-31(19-15-29)39(32-20-16-30(17-21-32)24-28(3)4)42-34-10-7-9-33(25-34)40(46)36-26-43(22-8-13-38(44)45)37-12-6-5-11-35(37)41(36)47/h5-7,9-12,14-21,25-28,39,42H,8,13,22-24H2,1-4H3,(H,44,45). The lowest BCUT2D eigenvalue weighted by molar-refractivity contribution is -0.137. The molecule has 0 atom stereocenters. The maximum Gasteiger partial charge on any atom is 0.303 e. The van der Waals surface area contributed by atoms with E-state index in [0.29, 0.717) is 41.3 Å². The van der Waals surface area contributed by atoms with Gasteiger partial charge in [-0.1, -0.05) is 100 Å². The molecule has 6 heteroatoms. The number of carboxylic acid groups (broad SMARTS) is 1. The molecule has 0 unspecified atom stereocenters. The van der Waals surface area contributed by atoms with Crippen LogP contribution in [0.5, 0.6) is 0 Å². The van der Waals surface area contributed by atoms with Crippen LogP contribution < -0.4 is 10.7 Å². The summed E-state index contributed by atoms with van der Waals surface area (Å²) < 4.78 is 1.82. The van der Waals surface area contributed by atoms with Gasteiger partial charge in [-0.25, -0.2) is 0 Å². The number of carbonyl (C=O) groups excluding carboxylic acids is 1. The molecule has 2 N–H and O–H groups in total. The van der Waals surface area contributed by atoms with Crippen LogP contribution in [0.15, 0.2) is 108 Å². The number of benzene rings is 4. The molecule has 0 aliphatic rings. The number of nitrogens with zero attached hydrogens (tertiary/aromatic N) is 1. The van der Waals surface area contributed by atoms with E-state index >= 15 is 0 Å². The summed E-state index contributed by atoms with van der Waals surface area (Å²) in [4.78, 5) is 38.6. The Morgan fingerprint density at radius 2 is 1.36 bits per heavy atom. The van der Waals surface area contributed by atoms with Crippen molar-refractivity contribution in [2.45, 2.75) is 66.0 Å². The van der Waals surface area contributed by atoms with Gasteiger partial charge in [0.1, 0.15) is 0 Å². The van der Waals surface area contributed by atoms with Gasteiger partial charge in [0.15, 0.2) is 5.78 Å². The monoisotopic (exact) mass is 628 g/mol. The molecule has 4 aromatic carbocycles. The van der Waals surface area contributed by atoms with E-state index in [4.69, 9.17) is 5.11 Å². The van der Waals surface area contributed by atoms with Crippen LogP contribution in [-0.2, 0) is 24.2 Å². The second-order valence-corrected chi connectivity index (χ2v) is 13.2. The molecular formula is C41H44N2O4. The topological polar surface area (TPSA) is 88.4 Å². The lowest BCUT2D eigenvalue weighted by Crippen LogP contribution is -2.20. The number of fused-ring (bicyclic) bond motifs is 1. The number of aromatic nitrogens is 1. The summed E-state index contributed by atoms with van der Waals surface area (Å²) in [6.07, 6.45) is 3.99. The van der Waals surface area contributed by atoms with Crippen LogP contribution in [0.4, 0.5) is 5.69 Å². The third kappa shape index (κ3) is 8.44. The zero-order valence-electron chi connectivity index (χ0n) is 27.7. The van der Waals surface area contributed by atoms with Crippen LogP contribution in [-0.4, -0.2) is 21.4 Å². The molecule has 0 radical (unpaired) electrons. The summed E-state index contributed by atoms with van der Waals surface area (Å²) in [5.74, 6) is -0.115. The Hall–Kier alpha value is -4.97. The summed E-state index contributed by atoms with van der Waals surface area (Å²) in [6, 6.07) is 31.8. The van der Waals surface area contributed by atoms with Gasteiger partial charge in [0, 0.05) is 35.8 Å². The van der Waals surface area contributed by atoms with Crippen molar-refractivity contribution in [3.05, 3.63) is 147 Å². The van der Waals surface area contributed by atoms with E-state index in [0.717, 1.165) is 29.7 Å². The van der Waals surface area contributed by atoms with Crippen molar-refractivity contribution in [1.82, 2.24) is 4.57 Å². The molecular weight excluding hydrogens is 584 g/mol. The second-order valence-electron chi connectivity index (χ2n) is 13.2.